The number of carbonyl (C=O) groups is 6. The van der Waals surface area contributed by atoms with Gasteiger partial charge in [-0.3, -0.25) is 37.8 Å². The first-order valence-corrected chi connectivity index (χ1v) is 24.5. The monoisotopic (exact) mass is 959 g/mol. The number of benzene rings is 1. The standard InChI is InChI=1S/C44H74N5O16P/c1-4-5-6-7-8-9-10-11-12-13-14-18-26-62-66(59,60)63-27-25-47-35(50)22-24-37(53)61-29-34-39(54)40(38(44(58)65-34)48-42(56)32-19-16-15-17-20-32)64-30(2)28-49(43(57)31(3)45)33(41(46)55)21-23-36(51)52/h15-17,19-20,30-31,33-34,38-40,44,54,58H,4-14,18,21-29,45H2,1-3H3,(H2,46,55)(H,47,50)(H,48,56)(H,51,52)(H,59,60)/t30?,31-,33+,34+,38+,39+,40+,44-/m0/s1. The lowest BCUT2D eigenvalue weighted by Gasteiger charge is -2.44. The zero-order chi connectivity index (χ0) is 49.1. The van der Waals surface area contributed by atoms with Crippen LogP contribution in [0.2, 0.25) is 0 Å². The average Bonchev–Trinajstić information content (AvgIpc) is 3.27. The van der Waals surface area contributed by atoms with E-state index in [1.165, 1.54) is 77.3 Å². The van der Waals surface area contributed by atoms with Crippen molar-refractivity contribution in [1.29, 1.82) is 0 Å². The van der Waals surface area contributed by atoms with Crippen LogP contribution in [0.15, 0.2) is 30.3 Å². The van der Waals surface area contributed by atoms with E-state index in [1.54, 1.807) is 18.2 Å². The van der Waals surface area contributed by atoms with Crippen molar-refractivity contribution < 1.29 is 76.8 Å². The number of aliphatic carboxylic acids is 1. The molecule has 0 aromatic heterocycles. The Morgan fingerprint density at radius 1 is 0.864 bits per heavy atom. The Hall–Kier alpha value is -4.05. The number of nitrogens with zero attached hydrogens (tertiary/aromatic N) is 1. The number of carboxylic acids is 1. The second kappa shape index (κ2) is 31.8. The molecule has 9 atom stereocenters. The number of nitrogens with two attached hydrogens (primary N) is 2. The van der Waals surface area contributed by atoms with Gasteiger partial charge in [0.15, 0.2) is 6.29 Å². The highest BCUT2D eigenvalue weighted by Gasteiger charge is 2.48. The zero-order valence-electron chi connectivity index (χ0n) is 38.6. The number of hydrogen-bond donors (Lipinski definition) is 8. The largest absolute Gasteiger partial charge is 0.481 e. The maximum atomic E-state index is 13.2. The molecule has 0 saturated carbocycles. The number of hydrogen-bond acceptors (Lipinski definition) is 15. The van der Waals surface area contributed by atoms with E-state index in [9.17, 15) is 53.5 Å². The summed E-state index contributed by atoms with van der Waals surface area (Å²) in [6.45, 7) is 3.56. The molecule has 22 heteroatoms. The van der Waals surface area contributed by atoms with E-state index >= 15 is 0 Å². The van der Waals surface area contributed by atoms with Crippen LogP contribution in [0.1, 0.15) is 134 Å². The third kappa shape index (κ3) is 23.1. The number of phosphoric ester groups is 1. The van der Waals surface area contributed by atoms with Crippen molar-refractivity contribution in [3.63, 3.8) is 0 Å². The molecule has 0 radical (unpaired) electrons. The lowest BCUT2D eigenvalue weighted by molar-refractivity contribution is -0.268. The van der Waals surface area contributed by atoms with E-state index < -0.39 is 118 Å². The summed E-state index contributed by atoms with van der Waals surface area (Å²) in [7, 11) is -4.32. The van der Waals surface area contributed by atoms with E-state index in [-0.39, 0.29) is 38.2 Å². The van der Waals surface area contributed by atoms with Gasteiger partial charge in [0.2, 0.25) is 17.7 Å². The van der Waals surface area contributed by atoms with E-state index in [0.717, 1.165) is 24.2 Å². The second-order valence-electron chi connectivity index (χ2n) is 16.5. The van der Waals surface area contributed by atoms with Crippen molar-refractivity contribution in [3.8, 4) is 0 Å². The molecule has 1 aromatic rings. The molecule has 1 aliphatic rings. The maximum absolute atomic E-state index is 13.2. The molecule has 2 unspecified atom stereocenters. The first kappa shape index (κ1) is 58.1. The molecule has 0 bridgehead atoms. The normalized spacial score (nSPS) is 20.6. The van der Waals surface area contributed by atoms with Crippen molar-refractivity contribution in [3.05, 3.63) is 35.9 Å². The predicted molar refractivity (Wildman–Crippen MR) is 240 cm³/mol. The maximum Gasteiger partial charge on any atom is 0.472 e. The number of carbonyl (C=O) groups excluding carboxylic acids is 5. The lowest BCUT2D eigenvalue weighted by Crippen LogP contribution is -2.66. The Bertz CT molecular complexity index is 1680. The number of nitrogens with one attached hydrogen (secondary N) is 2. The molecule has 1 aliphatic heterocycles. The van der Waals surface area contributed by atoms with Gasteiger partial charge in [0, 0.05) is 31.5 Å². The van der Waals surface area contributed by atoms with Crippen molar-refractivity contribution >= 4 is 43.4 Å². The number of esters is 1. The van der Waals surface area contributed by atoms with Crippen molar-refractivity contribution in [2.45, 2.75) is 172 Å². The Labute approximate surface area is 387 Å². The molecule has 1 fully saturated rings. The first-order chi connectivity index (χ1) is 31.4. The Morgan fingerprint density at radius 2 is 1.45 bits per heavy atom. The SMILES string of the molecule is CCCCCCCCCCCCCCOP(=O)(O)OCCNC(=O)CCC(=O)OC[C@H]1O[C@H](O)[C@H](NC(=O)c2ccccc2)[C@@H](OC(C)CN(C(=O)[C@H](C)N)[C@H](CCC(=O)O)C(N)=O)[C@@H]1O. The molecule has 376 valence electrons. The summed E-state index contributed by atoms with van der Waals surface area (Å²) in [6.07, 6.45) is 4.53. The molecule has 0 aliphatic carbocycles. The Balaban J connectivity index is 1.89. The number of aliphatic hydroxyl groups is 2. The van der Waals surface area contributed by atoms with Crippen LogP contribution in [0.4, 0.5) is 0 Å². The molecular weight excluding hydrogens is 885 g/mol. The van der Waals surface area contributed by atoms with Crippen LogP contribution < -0.4 is 22.1 Å². The predicted octanol–water partition coefficient (Wildman–Crippen LogP) is 2.81. The van der Waals surface area contributed by atoms with Crippen molar-refractivity contribution in [2.75, 3.05) is 32.9 Å². The summed E-state index contributed by atoms with van der Waals surface area (Å²) >= 11 is 0. The van der Waals surface area contributed by atoms with Crippen LogP contribution in [0.25, 0.3) is 0 Å². The van der Waals surface area contributed by atoms with Gasteiger partial charge in [0.1, 0.15) is 37.0 Å². The first-order valence-electron chi connectivity index (χ1n) is 23.0. The van der Waals surface area contributed by atoms with E-state index in [1.807, 2.05) is 0 Å². The van der Waals surface area contributed by atoms with Crippen molar-refractivity contribution in [2.24, 2.45) is 11.5 Å². The minimum Gasteiger partial charge on any atom is -0.481 e. The zero-order valence-corrected chi connectivity index (χ0v) is 39.5. The average molecular weight is 960 g/mol. The molecule has 1 saturated heterocycles. The quantitative estimate of drug-likeness (QED) is 0.0275. The van der Waals surface area contributed by atoms with Gasteiger partial charge >= 0.3 is 19.8 Å². The van der Waals surface area contributed by atoms with Gasteiger partial charge in [0.25, 0.3) is 5.91 Å². The van der Waals surface area contributed by atoms with Gasteiger partial charge in [-0.05, 0) is 38.8 Å². The number of phosphoric acid groups is 1. The van der Waals surface area contributed by atoms with Crippen LogP contribution in [0.3, 0.4) is 0 Å². The molecule has 1 heterocycles. The number of amides is 4. The topological polar surface area (TPSA) is 326 Å². The molecule has 1 aromatic carbocycles. The van der Waals surface area contributed by atoms with E-state index in [4.69, 9.17) is 34.7 Å². The smallest absolute Gasteiger partial charge is 0.472 e. The van der Waals surface area contributed by atoms with Gasteiger partial charge in [-0.15, -0.1) is 0 Å². The van der Waals surface area contributed by atoms with Gasteiger partial charge in [0.05, 0.1) is 31.8 Å². The summed E-state index contributed by atoms with van der Waals surface area (Å²) in [5.41, 5.74) is 11.6. The highest BCUT2D eigenvalue weighted by atomic mass is 31.2. The van der Waals surface area contributed by atoms with Gasteiger partial charge in [-0.2, -0.15) is 0 Å². The molecule has 2 rings (SSSR count). The number of rotatable bonds is 35. The van der Waals surface area contributed by atoms with E-state index in [0.29, 0.717) is 6.42 Å². The number of unbranched alkanes of at least 4 members (excludes halogenated alkanes) is 11. The highest BCUT2D eigenvalue weighted by molar-refractivity contribution is 7.47. The summed E-state index contributed by atoms with van der Waals surface area (Å²) in [6, 6.07) is 3.90. The highest BCUT2D eigenvalue weighted by Crippen LogP contribution is 2.43. The van der Waals surface area contributed by atoms with Crippen LogP contribution in [-0.4, -0.2) is 142 Å². The molecule has 66 heavy (non-hydrogen) atoms. The summed E-state index contributed by atoms with van der Waals surface area (Å²) < 4.78 is 39.1. The van der Waals surface area contributed by atoms with E-state index in [2.05, 4.69) is 17.6 Å². The Kier molecular flexibility index (Phi) is 28.0. The summed E-state index contributed by atoms with van der Waals surface area (Å²) in [5, 5.41) is 36.9. The number of primary amides is 1. The number of carboxylic acid groups (broad SMARTS) is 1. The molecular formula is C44H74N5O16P. The van der Waals surface area contributed by atoms with Crippen LogP contribution >= 0.6 is 7.82 Å². The van der Waals surface area contributed by atoms with Gasteiger partial charge in [-0.1, -0.05) is 95.8 Å². The molecule has 21 nitrogen and oxygen atoms in total. The fraction of sp³-hybridized carbons (Fsp3) is 0.727. The van der Waals surface area contributed by atoms with Gasteiger partial charge in [-0.25, -0.2) is 4.57 Å². The second-order valence-corrected chi connectivity index (χ2v) is 18.0. The fourth-order valence-electron chi connectivity index (χ4n) is 7.21. The molecule has 10 N–H and O–H groups in total. The number of aliphatic hydroxyl groups excluding tert-OH is 2. The summed E-state index contributed by atoms with van der Waals surface area (Å²) in [4.78, 5) is 86.1. The number of ether oxygens (including phenoxy) is 3. The molecule has 0 spiro atoms. The third-order valence-corrected chi connectivity index (χ3v) is 11.8. The third-order valence-electron chi connectivity index (χ3n) is 10.8. The summed E-state index contributed by atoms with van der Waals surface area (Å²) in [5.74, 6) is -5.15. The fourth-order valence-corrected chi connectivity index (χ4v) is 7.96. The van der Waals surface area contributed by atoms with Crippen LogP contribution in [-0.2, 0) is 51.8 Å². The van der Waals surface area contributed by atoms with Crippen LogP contribution in [0.5, 0.6) is 0 Å². The minimum absolute atomic E-state index is 0.0612. The lowest BCUT2D eigenvalue weighted by atomic mass is 9.96. The Morgan fingerprint density at radius 3 is 2.03 bits per heavy atom. The minimum atomic E-state index is -4.32. The van der Waals surface area contributed by atoms with Crippen LogP contribution in [0, 0.1) is 0 Å². The van der Waals surface area contributed by atoms with Crippen molar-refractivity contribution in [1.82, 2.24) is 15.5 Å². The molecule has 4 amide bonds. The van der Waals surface area contributed by atoms with Gasteiger partial charge < -0.3 is 61.4 Å².